The van der Waals surface area contributed by atoms with Crippen LogP contribution in [0.5, 0.6) is 11.5 Å². The normalized spacial score (nSPS) is 14.3. The van der Waals surface area contributed by atoms with Gasteiger partial charge in [0, 0.05) is 39.4 Å². The predicted molar refractivity (Wildman–Crippen MR) is 213 cm³/mol. The van der Waals surface area contributed by atoms with E-state index in [1.54, 1.807) is 11.8 Å². The Morgan fingerprint density at radius 3 is 1.86 bits per heavy atom. The van der Waals surface area contributed by atoms with E-state index in [-0.39, 0.29) is 17.5 Å². The van der Waals surface area contributed by atoms with Crippen LogP contribution < -0.4 is 30.9 Å². The van der Waals surface area contributed by atoms with Crippen molar-refractivity contribution in [3.8, 4) is 11.5 Å². The molecule has 0 unspecified atom stereocenters. The first-order valence-corrected chi connectivity index (χ1v) is 18.4. The zero-order chi connectivity index (χ0) is 34.5. The molecule has 3 aliphatic rings. The lowest BCUT2D eigenvalue weighted by molar-refractivity contribution is 0.471. The molecule has 0 saturated carbocycles. The number of ether oxygens (including phenoxy) is 1. The molecule has 0 spiro atoms. The van der Waals surface area contributed by atoms with Gasteiger partial charge in [-0.25, -0.2) is 0 Å². The number of fused-ring (bicyclic) bond motifs is 8. The molecule has 246 valence electrons. The van der Waals surface area contributed by atoms with E-state index in [1.807, 2.05) is 0 Å². The lowest BCUT2D eigenvalue weighted by atomic mass is 9.33. The average Bonchev–Trinajstić information content (AvgIpc) is 3.08. The maximum absolute atomic E-state index is 6.66. The predicted octanol–water partition coefficient (Wildman–Crippen LogP) is 10.9. The minimum atomic E-state index is 0.00771. The minimum absolute atomic E-state index is 0.00771. The first kappa shape index (κ1) is 31.1. The van der Waals surface area contributed by atoms with Crippen LogP contribution in [0.3, 0.4) is 0 Å². The summed E-state index contributed by atoms with van der Waals surface area (Å²) in [5.41, 5.74) is 15.2. The summed E-state index contributed by atoms with van der Waals surface area (Å²) in [6.07, 6.45) is 0. The zero-order valence-electron chi connectivity index (χ0n) is 29.8. The molecule has 0 radical (unpaired) electrons. The van der Waals surface area contributed by atoms with Crippen molar-refractivity contribution < 1.29 is 4.74 Å². The standard InChI is InChI=1S/C45H41BN2OS/c1-28-24-38-43-39(25-28)48-35-12-8-10-14-41(35)50-42-15-11-9-13-40(42)49-32-21-23-34(37(48)27-32)46(43)33-22-18-30(45(5,6)7)26-36(33)47(38)31-19-16-29(17-20-31)44(2,3)4/h8-27H,1-7H3. The summed E-state index contributed by atoms with van der Waals surface area (Å²) in [7, 11) is 0. The number of hydrogen-bond donors (Lipinski definition) is 0. The van der Waals surface area contributed by atoms with Gasteiger partial charge < -0.3 is 14.5 Å². The fourth-order valence-electron chi connectivity index (χ4n) is 7.88. The van der Waals surface area contributed by atoms with Crippen molar-refractivity contribution in [2.45, 2.75) is 69.1 Å². The van der Waals surface area contributed by atoms with E-state index < -0.39 is 0 Å². The van der Waals surface area contributed by atoms with Gasteiger partial charge >= 0.3 is 0 Å². The van der Waals surface area contributed by atoms with Crippen LogP contribution in [0.15, 0.2) is 131 Å². The van der Waals surface area contributed by atoms with Crippen LogP contribution in [0.4, 0.5) is 34.1 Å². The van der Waals surface area contributed by atoms with E-state index in [4.69, 9.17) is 4.74 Å². The van der Waals surface area contributed by atoms with E-state index in [2.05, 4.69) is 180 Å². The van der Waals surface area contributed by atoms with Crippen LogP contribution in [0.25, 0.3) is 0 Å². The molecular weight excluding hydrogens is 627 g/mol. The van der Waals surface area contributed by atoms with Gasteiger partial charge in [0.25, 0.3) is 6.71 Å². The Labute approximate surface area is 301 Å². The zero-order valence-corrected chi connectivity index (χ0v) is 30.7. The molecule has 6 aromatic carbocycles. The van der Waals surface area contributed by atoms with Gasteiger partial charge in [-0.2, -0.15) is 0 Å². The molecule has 9 rings (SSSR count). The van der Waals surface area contributed by atoms with Crippen LogP contribution in [0.2, 0.25) is 0 Å². The summed E-state index contributed by atoms with van der Waals surface area (Å²) < 4.78 is 6.66. The van der Waals surface area contributed by atoms with E-state index in [0.717, 1.165) is 22.1 Å². The summed E-state index contributed by atoms with van der Waals surface area (Å²) in [5.74, 6) is 1.72. The molecule has 5 heteroatoms. The Bertz CT molecular complexity index is 2330. The summed E-state index contributed by atoms with van der Waals surface area (Å²) in [6.45, 7) is 16.1. The van der Waals surface area contributed by atoms with Crippen LogP contribution in [-0.4, -0.2) is 6.71 Å². The van der Waals surface area contributed by atoms with Gasteiger partial charge in [0.15, 0.2) is 0 Å². The van der Waals surface area contributed by atoms with E-state index >= 15 is 0 Å². The van der Waals surface area contributed by atoms with Gasteiger partial charge in [0.05, 0.1) is 10.6 Å². The summed E-state index contributed by atoms with van der Waals surface area (Å²) in [5, 5.41) is 0. The number of para-hydroxylation sites is 2. The molecule has 0 saturated heterocycles. The summed E-state index contributed by atoms with van der Waals surface area (Å²) in [4.78, 5) is 7.31. The Kier molecular flexibility index (Phi) is 6.89. The van der Waals surface area contributed by atoms with Gasteiger partial charge in [-0.3, -0.25) is 0 Å². The maximum Gasteiger partial charge on any atom is 0.252 e. The number of aryl methyl sites for hydroxylation is 1. The van der Waals surface area contributed by atoms with Gasteiger partial charge in [0.1, 0.15) is 11.5 Å². The number of rotatable bonds is 1. The molecule has 0 amide bonds. The third-order valence-electron chi connectivity index (χ3n) is 10.4. The van der Waals surface area contributed by atoms with E-state index in [9.17, 15) is 0 Å². The third-order valence-corrected chi connectivity index (χ3v) is 11.6. The molecule has 0 atom stereocenters. The van der Waals surface area contributed by atoms with Gasteiger partial charge in [-0.1, -0.05) is 108 Å². The van der Waals surface area contributed by atoms with Crippen LogP contribution >= 0.6 is 11.8 Å². The van der Waals surface area contributed by atoms with Crippen LogP contribution in [0.1, 0.15) is 58.2 Å². The minimum Gasteiger partial charge on any atom is -0.456 e. The molecule has 0 N–H and O–H groups in total. The number of hydrogen-bond acceptors (Lipinski definition) is 4. The Morgan fingerprint density at radius 2 is 1.14 bits per heavy atom. The summed E-state index contributed by atoms with van der Waals surface area (Å²) >= 11 is 1.77. The van der Waals surface area contributed by atoms with Crippen LogP contribution in [-0.2, 0) is 10.8 Å². The highest BCUT2D eigenvalue weighted by Crippen LogP contribution is 2.50. The average molecular weight is 669 g/mol. The number of nitrogens with zero attached hydrogens (tertiary/aromatic N) is 2. The fraction of sp³-hybridized carbons (Fsp3) is 0.200. The van der Waals surface area contributed by atoms with Crippen molar-refractivity contribution in [1.82, 2.24) is 0 Å². The second kappa shape index (κ2) is 11.1. The highest BCUT2D eigenvalue weighted by Gasteiger charge is 2.44. The smallest absolute Gasteiger partial charge is 0.252 e. The molecule has 0 aliphatic carbocycles. The SMILES string of the molecule is Cc1cc2c3c(c1)N1c4ccccc4Sc4ccccc4Oc4ccc(c1c4)B3c1ccc(C(C)(C)C)cc1N2c1ccc(C(C)(C)C)cc1. The van der Waals surface area contributed by atoms with Crippen molar-refractivity contribution in [2.75, 3.05) is 9.80 Å². The first-order valence-electron chi connectivity index (χ1n) is 17.6. The number of benzene rings is 6. The molecule has 0 fully saturated rings. The third kappa shape index (κ3) is 4.89. The maximum atomic E-state index is 6.66. The lowest BCUT2D eigenvalue weighted by Crippen LogP contribution is -2.61. The molecule has 3 heterocycles. The Hall–Kier alpha value is -4.87. The monoisotopic (exact) mass is 668 g/mol. The molecule has 3 aliphatic heterocycles. The summed E-state index contributed by atoms with van der Waals surface area (Å²) in [6, 6.07) is 45.1. The van der Waals surface area contributed by atoms with Crippen molar-refractivity contribution in [2.24, 2.45) is 0 Å². The molecule has 50 heavy (non-hydrogen) atoms. The second-order valence-electron chi connectivity index (χ2n) is 16.0. The quantitative estimate of drug-likeness (QED) is 0.162. The van der Waals surface area contributed by atoms with Gasteiger partial charge in [-0.15, -0.1) is 0 Å². The first-order chi connectivity index (χ1) is 24.0. The Balaban J connectivity index is 1.35. The topological polar surface area (TPSA) is 15.7 Å². The molecule has 2 bridgehead atoms. The molecule has 3 nitrogen and oxygen atoms in total. The van der Waals surface area contributed by atoms with E-state index in [1.165, 1.54) is 66.4 Å². The fourth-order valence-corrected chi connectivity index (χ4v) is 8.88. The molecule has 0 aromatic heterocycles. The van der Waals surface area contributed by atoms with Crippen molar-refractivity contribution in [3.05, 3.63) is 138 Å². The second-order valence-corrected chi connectivity index (χ2v) is 17.1. The molecular formula is C45H41BN2OS. The van der Waals surface area contributed by atoms with Crippen molar-refractivity contribution in [1.29, 1.82) is 0 Å². The van der Waals surface area contributed by atoms with Gasteiger partial charge in [-0.05, 0) is 111 Å². The molecule has 6 aromatic rings. The highest BCUT2D eigenvalue weighted by atomic mass is 32.2. The Morgan fingerprint density at radius 1 is 0.540 bits per heavy atom. The lowest BCUT2D eigenvalue weighted by Gasteiger charge is -2.45. The van der Waals surface area contributed by atoms with E-state index in [0.29, 0.717) is 0 Å². The van der Waals surface area contributed by atoms with Gasteiger partial charge in [0.2, 0.25) is 0 Å². The largest absolute Gasteiger partial charge is 0.456 e. The number of anilines is 6. The highest BCUT2D eigenvalue weighted by molar-refractivity contribution is 7.99. The van der Waals surface area contributed by atoms with Crippen LogP contribution in [0, 0.1) is 6.92 Å². The van der Waals surface area contributed by atoms with Crippen molar-refractivity contribution in [3.63, 3.8) is 0 Å². The van der Waals surface area contributed by atoms with Crippen molar-refractivity contribution >= 4 is 69.0 Å².